The smallest absolute Gasteiger partial charge is 0.335 e. The van der Waals surface area contributed by atoms with E-state index >= 15 is 0 Å². The number of nitrogens with one attached hydrogen (secondary N) is 1. The first-order valence-corrected chi connectivity index (χ1v) is 7.88. The maximum absolute atomic E-state index is 13.5. The average molecular weight is 329 g/mol. The van der Waals surface area contributed by atoms with Gasteiger partial charge in [-0.2, -0.15) is 0 Å². The van der Waals surface area contributed by atoms with Crippen LogP contribution < -0.4 is 10.1 Å². The number of halogens is 1. The number of hydrogen-bond donors (Lipinski definition) is 2. The Bertz CT molecular complexity index is 756. The normalized spacial score (nSPS) is 18.5. The van der Waals surface area contributed by atoms with Crippen LogP contribution in [0.3, 0.4) is 0 Å². The zero-order valence-corrected chi connectivity index (χ0v) is 13.7. The zero-order chi connectivity index (χ0) is 17.3. The van der Waals surface area contributed by atoms with Gasteiger partial charge in [-0.15, -0.1) is 0 Å². The molecule has 4 nitrogen and oxygen atoms in total. The van der Waals surface area contributed by atoms with Crippen LogP contribution in [0.25, 0.3) is 0 Å². The second kappa shape index (κ2) is 6.24. The van der Waals surface area contributed by atoms with E-state index in [0.29, 0.717) is 12.3 Å². The van der Waals surface area contributed by atoms with Crippen LogP contribution in [0.15, 0.2) is 42.5 Å². The maximum atomic E-state index is 13.5. The van der Waals surface area contributed by atoms with Crippen LogP contribution in [0.1, 0.15) is 47.8 Å². The van der Waals surface area contributed by atoms with Gasteiger partial charge in [0.2, 0.25) is 0 Å². The highest BCUT2D eigenvalue weighted by Gasteiger charge is 2.33. The molecule has 3 rings (SSSR count). The number of carboxylic acid groups (broad SMARTS) is 1. The molecule has 0 aromatic heterocycles. The van der Waals surface area contributed by atoms with E-state index in [1.807, 2.05) is 13.8 Å². The molecular weight excluding hydrogens is 309 g/mol. The van der Waals surface area contributed by atoms with Gasteiger partial charge in [0.25, 0.3) is 0 Å². The molecule has 0 saturated heterocycles. The Morgan fingerprint density at radius 2 is 2.00 bits per heavy atom. The molecule has 1 aliphatic rings. The molecular formula is C19H20FNO3. The highest BCUT2D eigenvalue weighted by molar-refractivity contribution is 5.87. The van der Waals surface area contributed by atoms with Crippen molar-refractivity contribution in [2.45, 2.75) is 38.5 Å². The summed E-state index contributed by atoms with van der Waals surface area (Å²) in [7, 11) is 0. The monoisotopic (exact) mass is 329 g/mol. The summed E-state index contributed by atoms with van der Waals surface area (Å²) in [5, 5.41) is 12.4. The molecule has 126 valence electrons. The number of fused-ring (bicyclic) bond motifs is 1. The van der Waals surface area contributed by atoms with Crippen LogP contribution in [0.5, 0.6) is 5.75 Å². The van der Waals surface area contributed by atoms with Gasteiger partial charge in [-0.3, -0.25) is 0 Å². The molecule has 1 heterocycles. The van der Waals surface area contributed by atoms with Crippen molar-refractivity contribution in [1.82, 2.24) is 5.32 Å². The van der Waals surface area contributed by atoms with E-state index in [1.165, 1.54) is 12.1 Å². The first kappa shape index (κ1) is 16.5. The number of aromatic carboxylic acids is 1. The van der Waals surface area contributed by atoms with Gasteiger partial charge >= 0.3 is 5.97 Å². The average Bonchev–Trinajstić information content (AvgIpc) is 2.51. The van der Waals surface area contributed by atoms with Crippen molar-refractivity contribution in [3.8, 4) is 5.75 Å². The predicted molar refractivity (Wildman–Crippen MR) is 88.7 cm³/mol. The summed E-state index contributed by atoms with van der Waals surface area (Å²) in [6.45, 7) is 4.56. The molecule has 2 aromatic carbocycles. The molecule has 24 heavy (non-hydrogen) atoms. The summed E-state index contributed by atoms with van der Waals surface area (Å²) in [5.41, 5.74) is 1.82. The molecule has 1 aliphatic heterocycles. The van der Waals surface area contributed by atoms with Crippen molar-refractivity contribution in [3.05, 3.63) is 65.0 Å². The van der Waals surface area contributed by atoms with Crippen molar-refractivity contribution >= 4 is 5.97 Å². The standard InChI is InChI=1S/C19H20FNO3/c1-19(2)10-16(15-8-7-14(20)9-17(15)24-19)21-11-12-3-5-13(6-4-12)18(22)23/h3-9,16,21H,10-11H2,1-2H3,(H,22,23). The van der Waals surface area contributed by atoms with E-state index in [9.17, 15) is 9.18 Å². The third-order valence-electron chi connectivity index (χ3n) is 4.19. The molecule has 0 amide bonds. The molecule has 1 unspecified atom stereocenters. The summed E-state index contributed by atoms with van der Waals surface area (Å²) in [5.74, 6) is -0.670. The van der Waals surface area contributed by atoms with Gasteiger partial charge in [0.05, 0.1) is 5.56 Å². The first-order valence-electron chi connectivity index (χ1n) is 7.88. The second-order valence-corrected chi connectivity index (χ2v) is 6.68. The van der Waals surface area contributed by atoms with E-state index in [2.05, 4.69) is 5.32 Å². The highest BCUT2D eigenvalue weighted by Crippen LogP contribution is 2.39. The quantitative estimate of drug-likeness (QED) is 0.893. The van der Waals surface area contributed by atoms with Gasteiger partial charge in [0.1, 0.15) is 17.2 Å². The Morgan fingerprint density at radius 3 is 2.67 bits per heavy atom. The van der Waals surface area contributed by atoms with E-state index in [-0.39, 0.29) is 23.0 Å². The lowest BCUT2D eigenvalue weighted by Crippen LogP contribution is -2.39. The molecule has 2 aromatic rings. The minimum atomic E-state index is -0.934. The minimum absolute atomic E-state index is 0.0449. The van der Waals surface area contributed by atoms with Gasteiger partial charge in [0, 0.05) is 30.6 Å². The van der Waals surface area contributed by atoms with Crippen LogP contribution >= 0.6 is 0 Å². The molecule has 0 saturated carbocycles. The number of ether oxygens (including phenoxy) is 1. The van der Waals surface area contributed by atoms with E-state index in [1.54, 1.807) is 30.3 Å². The topological polar surface area (TPSA) is 58.6 Å². The van der Waals surface area contributed by atoms with E-state index in [4.69, 9.17) is 9.84 Å². The fraction of sp³-hybridized carbons (Fsp3) is 0.316. The molecule has 5 heteroatoms. The number of carbonyl (C=O) groups is 1. The van der Waals surface area contributed by atoms with Gasteiger partial charge < -0.3 is 15.2 Å². The fourth-order valence-electron chi connectivity index (χ4n) is 3.01. The third-order valence-corrected chi connectivity index (χ3v) is 4.19. The number of benzene rings is 2. The van der Waals surface area contributed by atoms with Gasteiger partial charge in [0.15, 0.2) is 0 Å². The van der Waals surface area contributed by atoms with Gasteiger partial charge in [-0.25, -0.2) is 9.18 Å². The van der Waals surface area contributed by atoms with Crippen LogP contribution in [0.2, 0.25) is 0 Å². The number of hydrogen-bond acceptors (Lipinski definition) is 3. The van der Waals surface area contributed by atoms with Gasteiger partial charge in [-0.05, 0) is 37.6 Å². The first-order chi connectivity index (χ1) is 11.3. The molecule has 0 bridgehead atoms. The van der Waals surface area contributed by atoms with E-state index < -0.39 is 5.97 Å². The van der Waals surface area contributed by atoms with Crippen molar-refractivity contribution in [1.29, 1.82) is 0 Å². The van der Waals surface area contributed by atoms with Crippen LogP contribution in [0, 0.1) is 5.82 Å². The second-order valence-electron chi connectivity index (χ2n) is 6.68. The van der Waals surface area contributed by atoms with Crippen molar-refractivity contribution in [2.24, 2.45) is 0 Å². The summed E-state index contributed by atoms with van der Waals surface area (Å²) >= 11 is 0. The lowest BCUT2D eigenvalue weighted by Gasteiger charge is -2.38. The molecule has 0 spiro atoms. The Morgan fingerprint density at radius 1 is 1.29 bits per heavy atom. The Balaban J connectivity index is 1.76. The van der Waals surface area contributed by atoms with Crippen LogP contribution in [-0.2, 0) is 6.54 Å². The molecule has 0 fully saturated rings. The highest BCUT2D eigenvalue weighted by atomic mass is 19.1. The Hall–Kier alpha value is -2.40. The fourth-order valence-corrected chi connectivity index (χ4v) is 3.01. The molecule has 0 aliphatic carbocycles. The Labute approximate surface area is 140 Å². The maximum Gasteiger partial charge on any atom is 0.335 e. The van der Waals surface area contributed by atoms with Crippen LogP contribution in [0.4, 0.5) is 4.39 Å². The molecule has 0 radical (unpaired) electrons. The van der Waals surface area contributed by atoms with Crippen LogP contribution in [-0.4, -0.2) is 16.7 Å². The molecule has 1 atom stereocenters. The number of carboxylic acids is 1. The summed E-state index contributed by atoms with van der Waals surface area (Å²) in [6, 6.07) is 11.4. The lowest BCUT2D eigenvalue weighted by atomic mass is 9.89. The SMILES string of the molecule is CC1(C)CC(NCc2ccc(C(=O)O)cc2)c2ccc(F)cc2O1. The van der Waals surface area contributed by atoms with Gasteiger partial charge in [-0.1, -0.05) is 18.2 Å². The summed E-state index contributed by atoms with van der Waals surface area (Å²) < 4.78 is 19.4. The Kier molecular flexibility index (Phi) is 4.28. The molecule has 2 N–H and O–H groups in total. The van der Waals surface area contributed by atoms with Crippen molar-refractivity contribution in [2.75, 3.05) is 0 Å². The largest absolute Gasteiger partial charge is 0.487 e. The number of rotatable bonds is 4. The van der Waals surface area contributed by atoms with Crippen molar-refractivity contribution in [3.63, 3.8) is 0 Å². The van der Waals surface area contributed by atoms with E-state index in [0.717, 1.165) is 17.5 Å². The summed E-state index contributed by atoms with van der Waals surface area (Å²) in [6.07, 6.45) is 0.763. The van der Waals surface area contributed by atoms with Crippen molar-refractivity contribution < 1.29 is 19.0 Å². The zero-order valence-electron chi connectivity index (χ0n) is 13.7. The summed E-state index contributed by atoms with van der Waals surface area (Å²) in [4.78, 5) is 10.9. The predicted octanol–water partition coefficient (Wildman–Crippen LogP) is 3.92. The third kappa shape index (κ3) is 3.57. The minimum Gasteiger partial charge on any atom is -0.487 e. The lowest BCUT2D eigenvalue weighted by molar-refractivity contribution is 0.0651.